The van der Waals surface area contributed by atoms with Crippen LogP contribution in [0.1, 0.15) is 30.9 Å². The second kappa shape index (κ2) is 6.13. The van der Waals surface area contributed by atoms with Gasteiger partial charge in [-0.15, -0.1) is 0 Å². The molecule has 1 saturated carbocycles. The fraction of sp³-hybridized carbons (Fsp3) is 0.571. The van der Waals surface area contributed by atoms with Crippen molar-refractivity contribution in [3.8, 4) is 0 Å². The second-order valence-corrected chi connectivity index (χ2v) is 6.02. The van der Waals surface area contributed by atoms with Crippen molar-refractivity contribution in [3.63, 3.8) is 0 Å². The van der Waals surface area contributed by atoms with Gasteiger partial charge in [-0.3, -0.25) is 4.90 Å². The first kappa shape index (κ1) is 14.0. The minimum atomic E-state index is -0.219. The molecule has 0 heterocycles. The summed E-state index contributed by atoms with van der Waals surface area (Å²) in [5.74, 6) is 0.576. The summed E-state index contributed by atoms with van der Waals surface area (Å²) < 4.78 is 14.1. The molecule has 1 atom stereocenters. The van der Waals surface area contributed by atoms with E-state index in [2.05, 4.69) is 27.9 Å². The van der Waals surface area contributed by atoms with Gasteiger partial charge < -0.3 is 5.73 Å². The molecule has 4 heteroatoms. The van der Waals surface area contributed by atoms with E-state index in [9.17, 15) is 4.39 Å². The summed E-state index contributed by atoms with van der Waals surface area (Å²) >= 11 is 3.18. The van der Waals surface area contributed by atoms with E-state index in [-0.39, 0.29) is 11.9 Å². The first-order chi connectivity index (χ1) is 8.61. The van der Waals surface area contributed by atoms with Crippen LogP contribution in [-0.4, -0.2) is 25.0 Å². The number of rotatable bonds is 5. The monoisotopic (exact) mass is 314 g/mol. The van der Waals surface area contributed by atoms with Crippen molar-refractivity contribution in [3.05, 3.63) is 34.1 Å². The molecule has 0 spiro atoms. The molecule has 0 aromatic heterocycles. The van der Waals surface area contributed by atoms with Crippen molar-refractivity contribution >= 4 is 15.9 Å². The summed E-state index contributed by atoms with van der Waals surface area (Å²) in [5.41, 5.74) is 6.81. The molecule has 1 aromatic carbocycles. The normalized spacial score (nSPS) is 17.8. The highest BCUT2D eigenvalue weighted by molar-refractivity contribution is 9.10. The van der Waals surface area contributed by atoms with Crippen LogP contribution in [0, 0.1) is 11.7 Å². The van der Waals surface area contributed by atoms with Gasteiger partial charge in [-0.2, -0.15) is 0 Å². The van der Waals surface area contributed by atoms with Crippen LogP contribution >= 0.6 is 15.9 Å². The lowest BCUT2D eigenvalue weighted by Crippen LogP contribution is -2.36. The molecule has 2 nitrogen and oxygen atoms in total. The lowest BCUT2D eigenvalue weighted by atomic mass is 9.85. The molecule has 2 N–H and O–H groups in total. The van der Waals surface area contributed by atoms with E-state index in [0.717, 1.165) is 18.0 Å². The number of benzene rings is 1. The Hall–Kier alpha value is -0.450. The number of nitrogens with two attached hydrogens (primary N) is 1. The summed E-state index contributed by atoms with van der Waals surface area (Å²) in [6.07, 6.45) is 3.98. The Kier molecular flexibility index (Phi) is 4.76. The molecule has 0 radical (unpaired) electrons. The fourth-order valence-corrected chi connectivity index (χ4v) is 2.75. The predicted molar refractivity (Wildman–Crippen MR) is 75.9 cm³/mol. The highest BCUT2D eigenvalue weighted by Gasteiger charge is 2.23. The van der Waals surface area contributed by atoms with Gasteiger partial charge in [0.05, 0.1) is 4.47 Å². The molecule has 100 valence electrons. The summed E-state index contributed by atoms with van der Waals surface area (Å²) in [4.78, 5) is 2.26. The van der Waals surface area contributed by atoms with Crippen molar-refractivity contribution in [2.24, 2.45) is 11.7 Å². The average molecular weight is 315 g/mol. The maximum absolute atomic E-state index is 13.6. The van der Waals surface area contributed by atoms with Crippen LogP contribution in [0.2, 0.25) is 0 Å². The average Bonchev–Trinajstić information content (AvgIpc) is 2.29. The van der Waals surface area contributed by atoms with Crippen molar-refractivity contribution in [2.75, 3.05) is 20.1 Å². The third kappa shape index (κ3) is 3.11. The van der Waals surface area contributed by atoms with Crippen molar-refractivity contribution in [1.29, 1.82) is 0 Å². The van der Waals surface area contributed by atoms with Crippen LogP contribution in [0.5, 0.6) is 0 Å². The van der Waals surface area contributed by atoms with Gasteiger partial charge in [-0.1, -0.05) is 12.5 Å². The fourth-order valence-electron chi connectivity index (χ4n) is 2.50. The van der Waals surface area contributed by atoms with Gasteiger partial charge in [-0.05, 0) is 59.4 Å². The Labute approximate surface area is 116 Å². The van der Waals surface area contributed by atoms with Crippen LogP contribution in [-0.2, 0) is 0 Å². The second-order valence-electron chi connectivity index (χ2n) is 5.16. The van der Waals surface area contributed by atoms with E-state index in [4.69, 9.17) is 5.73 Å². The van der Waals surface area contributed by atoms with Crippen LogP contribution in [0.15, 0.2) is 22.7 Å². The van der Waals surface area contributed by atoms with Gasteiger partial charge in [0.15, 0.2) is 0 Å². The smallest absolute Gasteiger partial charge is 0.137 e. The Balaban J connectivity index is 2.08. The standard InChI is InChI=1S/C14H20BrFN2/c1-18(9-10-3-2-4-10)14(8-17)11-5-6-12(15)13(16)7-11/h5-7,10,14H,2-4,8-9,17H2,1H3. The van der Waals surface area contributed by atoms with E-state index in [1.807, 2.05) is 6.07 Å². The summed E-state index contributed by atoms with van der Waals surface area (Å²) in [5, 5.41) is 0. The summed E-state index contributed by atoms with van der Waals surface area (Å²) in [6, 6.07) is 5.39. The van der Waals surface area contributed by atoms with E-state index in [0.29, 0.717) is 11.0 Å². The Morgan fingerprint density at radius 1 is 1.50 bits per heavy atom. The quantitative estimate of drug-likeness (QED) is 0.903. The molecule has 1 fully saturated rings. The third-order valence-electron chi connectivity index (χ3n) is 3.85. The van der Waals surface area contributed by atoms with Gasteiger partial charge in [0.2, 0.25) is 0 Å². The SMILES string of the molecule is CN(CC1CCC1)C(CN)c1ccc(Br)c(F)c1. The molecular weight excluding hydrogens is 295 g/mol. The van der Waals surface area contributed by atoms with Gasteiger partial charge in [0, 0.05) is 19.1 Å². The predicted octanol–water partition coefficient (Wildman–Crippen LogP) is 3.32. The lowest BCUT2D eigenvalue weighted by Gasteiger charge is -2.34. The zero-order valence-corrected chi connectivity index (χ0v) is 12.3. The molecule has 1 unspecified atom stereocenters. The first-order valence-corrected chi connectivity index (χ1v) is 7.26. The molecule has 1 aliphatic rings. The van der Waals surface area contributed by atoms with Crippen LogP contribution < -0.4 is 5.73 Å². The van der Waals surface area contributed by atoms with Gasteiger partial charge in [0.25, 0.3) is 0 Å². The maximum atomic E-state index is 13.6. The van der Waals surface area contributed by atoms with Gasteiger partial charge in [0.1, 0.15) is 5.82 Å². The number of hydrogen-bond acceptors (Lipinski definition) is 2. The summed E-state index contributed by atoms with van der Waals surface area (Å²) in [6.45, 7) is 1.57. The number of likely N-dealkylation sites (N-methyl/N-ethyl adjacent to an activating group) is 1. The molecule has 0 amide bonds. The first-order valence-electron chi connectivity index (χ1n) is 6.47. The molecule has 1 aliphatic carbocycles. The number of nitrogens with zero attached hydrogens (tertiary/aromatic N) is 1. The molecule has 0 aliphatic heterocycles. The zero-order chi connectivity index (χ0) is 13.1. The molecular formula is C14H20BrFN2. The topological polar surface area (TPSA) is 29.3 Å². The van der Waals surface area contributed by atoms with Crippen LogP contribution in [0.3, 0.4) is 0 Å². The zero-order valence-electron chi connectivity index (χ0n) is 10.7. The van der Waals surface area contributed by atoms with Gasteiger partial charge in [-0.25, -0.2) is 4.39 Å². The van der Waals surface area contributed by atoms with E-state index >= 15 is 0 Å². The van der Waals surface area contributed by atoms with Crippen molar-refractivity contribution in [1.82, 2.24) is 4.90 Å². The number of hydrogen-bond donors (Lipinski definition) is 1. The van der Waals surface area contributed by atoms with Gasteiger partial charge >= 0.3 is 0 Å². The van der Waals surface area contributed by atoms with Crippen molar-refractivity contribution in [2.45, 2.75) is 25.3 Å². The maximum Gasteiger partial charge on any atom is 0.137 e. The van der Waals surface area contributed by atoms with E-state index < -0.39 is 0 Å². The summed E-state index contributed by atoms with van der Waals surface area (Å²) in [7, 11) is 2.08. The Bertz CT molecular complexity index is 407. The van der Waals surface area contributed by atoms with Crippen molar-refractivity contribution < 1.29 is 4.39 Å². The highest BCUT2D eigenvalue weighted by atomic mass is 79.9. The van der Waals surface area contributed by atoms with E-state index in [1.165, 1.54) is 19.3 Å². The molecule has 0 saturated heterocycles. The Morgan fingerprint density at radius 3 is 2.72 bits per heavy atom. The largest absolute Gasteiger partial charge is 0.329 e. The molecule has 18 heavy (non-hydrogen) atoms. The third-order valence-corrected chi connectivity index (χ3v) is 4.50. The van der Waals surface area contributed by atoms with E-state index in [1.54, 1.807) is 12.1 Å². The number of halogens is 2. The minimum absolute atomic E-state index is 0.105. The molecule has 0 bridgehead atoms. The molecule has 2 rings (SSSR count). The highest BCUT2D eigenvalue weighted by Crippen LogP contribution is 2.30. The lowest BCUT2D eigenvalue weighted by molar-refractivity contribution is 0.164. The van der Waals surface area contributed by atoms with Crippen LogP contribution in [0.25, 0.3) is 0 Å². The Morgan fingerprint density at radius 2 is 2.22 bits per heavy atom. The molecule has 1 aromatic rings. The van der Waals surface area contributed by atoms with Crippen LogP contribution in [0.4, 0.5) is 4.39 Å². The minimum Gasteiger partial charge on any atom is -0.329 e.